The van der Waals surface area contributed by atoms with Crippen LogP contribution in [0.1, 0.15) is 0 Å². The van der Waals surface area contributed by atoms with Gasteiger partial charge in [-0.3, -0.25) is 0 Å². The molecule has 0 bridgehead atoms. The van der Waals surface area contributed by atoms with Crippen molar-refractivity contribution in [2.75, 3.05) is 13.6 Å². The minimum atomic E-state index is 0.858. The number of allylic oxidation sites excluding steroid dienone is 2. The molecule has 0 aromatic carbocycles. The highest BCUT2D eigenvalue weighted by Crippen LogP contribution is 1.97. The number of hydrogen-bond donors (Lipinski definition) is 1. The third-order valence-corrected chi connectivity index (χ3v) is 1.08. The summed E-state index contributed by atoms with van der Waals surface area (Å²) in [6.07, 6.45) is 5.86. The zero-order valence-corrected chi connectivity index (χ0v) is 4.96. The molecule has 1 heterocycles. The summed E-state index contributed by atoms with van der Waals surface area (Å²) in [5.74, 6) is 0. The van der Waals surface area contributed by atoms with Crippen LogP contribution in [0, 0.1) is 0 Å². The van der Waals surface area contributed by atoms with E-state index in [9.17, 15) is 0 Å². The number of likely N-dealkylation sites (N-methyl/N-ethyl adjacent to an activating group) is 1. The van der Waals surface area contributed by atoms with Gasteiger partial charge in [0.1, 0.15) is 0 Å². The second-order valence-electron chi connectivity index (χ2n) is 2.00. The summed E-state index contributed by atoms with van der Waals surface area (Å²) in [4.78, 5) is 2.04. The van der Waals surface area contributed by atoms with Gasteiger partial charge in [-0.25, -0.2) is 0 Å². The lowest BCUT2D eigenvalue weighted by atomic mass is 10.3. The molecule has 0 unspecified atom stereocenters. The Morgan fingerprint density at radius 1 is 1.75 bits per heavy atom. The average molecular weight is 110 g/mol. The van der Waals surface area contributed by atoms with Gasteiger partial charge in [0.05, 0.1) is 6.54 Å². The van der Waals surface area contributed by atoms with E-state index in [0.717, 1.165) is 12.2 Å². The molecule has 44 valence electrons. The van der Waals surface area contributed by atoms with Crippen LogP contribution in [0.15, 0.2) is 24.0 Å². The Morgan fingerprint density at radius 2 is 2.50 bits per heavy atom. The molecule has 0 radical (unpaired) electrons. The van der Waals surface area contributed by atoms with Crippen molar-refractivity contribution in [2.45, 2.75) is 0 Å². The van der Waals surface area contributed by atoms with Crippen molar-refractivity contribution in [3.63, 3.8) is 0 Å². The maximum atomic E-state index is 5.49. The van der Waals surface area contributed by atoms with Crippen LogP contribution in [0.2, 0.25) is 0 Å². The van der Waals surface area contributed by atoms with Gasteiger partial charge in [-0.05, 0) is 18.4 Å². The lowest BCUT2D eigenvalue weighted by molar-refractivity contribution is 0.488. The quantitative estimate of drug-likeness (QED) is 0.485. The van der Waals surface area contributed by atoms with Crippen LogP contribution in [0.3, 0.4) is 0 Å². The number of nitrogens with two attached hydrogens (primary N) is 1. The Balaban J connectivity index is 2.59. The first-order chi connectivity index (χ1) is 3.79. The molecule has 8 heavy (non-hydrogen) atoms. The monoisotopic (exact) mass is 110 g/mol. The van der Waals surface area contributed by atoms with Gasteiger partial charge in [0.2, 0.25) is 0 Å². The predicted molar refractivity (Wildman–Crippen MR) is 34.0 cm³/mol. The van der Waals surface area contributed by atoms with E-state index >= 15 is 0 Å². The van der Waals surface area contributed by atoms with Crippen molar-refractivity contribution in [3.8, 4) is 0 Å². The Hall–Kier alpha value is -0.920. The van der Waals surface area contributed by atoms with Crippen LogP contribution >= 0.6 is 0 Å². The second kappa shape index (κ2) is 1.90. The molecule has 0 atom stereocenters. The summed E-state index contributed by atoms with van der Waals surface area (Å²) in [5, 5.41) is 0. The van der Waals surface area contributed by atoms with Crippen molar-refractivity contribution >= 4 is 0 Å². The largest absolute Gasteiger partial charge is 0.401 e. The zero-order chi connectivity index (χ0) is 5.98. The Labute approximate surface area is 49.3 Å². The summed E-state index contributed by atoms with van der Waals surface area (Å²) in [5.41, 5.74) is 6.42. The van der Waals surface area contributed by atoms with Crippen molar-refractivity contribution in [3.05, 3.63) is 24.0 Å². The highest BCUT2D eigenvalue weighted by atomic mass is 15.1. The fourth-order valence-electron chi connectivity index (χ4n) is 0.707. The Kier molecular flexibility index (Phi) is 1.24. The molecule has 0 fully saturated rings. The van der Waals surface area contributed by atoms with E-state index in [1.807, 2.05) is 30.3 Å². The smallest absolute Gasteiger partial charge is 0.0565 e. The van der Waals surface area contributed by atoms with E-state index in [1.54, 1.807) is 0 Å². The minimum Gasteiger partial charge on any atom is -0.401 e. The van der Waals surface area contributed by atoms with Gasteiger partial charge in [-0.15, -0.1) is 0 Å². The van der Waals surface area contributed by atoms with Gasteiger partial charge in [0.25, 0.3) is 0 Å². The van der Waals surface area contributed by atoms with Crippen LogP contribution in [0.4, 0.5) is 0 Å². The third-order valence-electron chi connectivity index (χ3n) is 1.08. The molecule has 0 saturated heterocycles. The first-order valence-electron chi connectivity index (χ1n) is 2.62. The SMILES string of the molecule is CN1C=CC=C(N)C1. The molecule has 1 aliphatic rings. The first-order valence-corrected chi connectivity index (χ1v) is 2.62. The Bertz CT molecular complexity index is 135. The summed E-state index contributed by atoms with van der Waals surface area (Å²) in [6.45, 7) is 0.858. The topological polar surface area (TPSA) is 29.3 Å². The maximum absolute atomic E-state index is 5.49. The van der Waals surface area contributed by atoms with Crippen molar-refractivity contribution in [1.29, 1.82) is 0 Å². The van der Waals surface area contributed by atoms with Gasteiger partial charge in [-0.2, -0.15) is 0 Å². The fourth-order valence-corrected chi connectivity index (χ4v) is 0.707. The molecule has 2 N–H and O–H groups in total. The van der Waals surface area contributed by atoms with Gasteiger partial charge in [0, 0.05) is 12.7 Å². The van der Waals surface area contributed by atoms with Crippen LogP contribution < -0.4 is 5.73 Å². The fraction of sp³-hybridized carbons (Fsp3) is 0.333. The third kappa shape index (κ3) is 1.03. The molecule has 2 heteroatoms. The number of nitrogens with zero attached hydrogens (tertiary/aromatic N) is 1. The van der Waals surface area contributed by atoms with Gasteiger partial charge in [0.15, 0.2) is 0 Å². The molecule has 2 nitrogen and oxygen atoms in total. The summed E-state index contributed by atoms with van der Waals surface area (Å²) in [7, 11) is 2.00. The number of rotatable bonds is 0. The van der Waals surface area contributed by atoms with E-state index < -0.39 is 0 Å². The summed E-state index contributed by atoms with van der Waals surface area (Å²) >= 11 is 0. The molecule has 0 aromatic rings. The normalized spacial score (nSPS) is 18.6. The van der Waals surface area contributed by atoms with Crippen LogP contribution in [0.5, 0.6) is 0 Å². The van der Waals surface area contributed by atoms with E-state index in [0.29, 0.717) is 0 Å². The van der Waals surface area contributed by atoms with Gasteiger partial charge in [-0.1, -0.05) is 0 Å². The predicted octanol–water partition coefficient (Wildman–Crippen LogP) is 0.288. The van der Waals surface area contributed by atoms with E-state index in [4.69, 9.17) is 5.73 Å². The lowest BCUT2D eigenvalue weighted by Crippen LogP contribution is -2.20. The zero-order valence-electron chi connectivity index (χ0n) is 4.96. The molecular weight excluding hydrogens is 100 g/mol. The molecular formula is C6H10N2. The molecule has 1 rings (SSSR count). The maximum Gasteiger partial charge on any atom is 0.0565 e. The van der Waals surface area contributed by atoms with Crippen LogP contribution in [-0.2, 0) is 0 Å². The van der Waals surface area contributed by atoms with Crippen LogP contribution in [0.25, 0.3) is 0 Å². The highest BCUT2D eigenvalue weighted by Gasteiger charge is 1.95. The Morgan fingerprint density at radius 3 is 2.88 bits per heavy atom. The molecule has 0 aliphatic carbocycles. The van der Waals surface area contributed by atoms with Crippen molar-refractivity contribution in [1.82, 2.24) is 4.90 Å². The highest BCUT2D eigenvalue weighted by molar-refractivity contribution is 5.15. The van der Waals surface area contributed by atoms with Gasteiger partial charge < -0.3 is 10.6 Å². The van der Waals surface area contributed by atoms with Crippen molar-refractivity contribution < 1.29 is 0 Å². The van der Waals surface area contributed by atoms with E-state index in [1.165, 1.54) is 0 Å². The van der Waals surface area contributed by atoms with E-state index in [2.05, 4.69) is 0 Å². The molecule has 0 amide bonds. The second-order valence-corrected chi connectivity index (χ2v) is 2.00. The molecule has 0 spiro atoms. The van der Waals surface area contributed by atoms with Gasteiger partial charge >= 0.3 is 0 Å². The average Bonchev–Trinajstić information content (AvgIpc) is 1.64. The molecule has 0 aromatic heterocycles. The minimum absolute atomic E-state index is 0.858. The standard InChI is InChI=1S/C6H10N2/c1-8-4-2-3-6(7)5-8/h2-4H,5,7H2,1H3. The molecule has 1 aliphatic heterocycles. The molecule has 0 saturated carbocycles. The van der Waals surface area contributed by atoms with Crippen LogP contribution in [-0.4, -0.2) is 18.5 Å². The number of hydrogen-bond acceptors (Lipinski definition) is 2. The van der Waals surface area contributed by atoms with E-state index in [-0.39, 0.29) is 0 Å². The summed E-state index contributed by atoms with van der Waals surface area (Å²) in [6, 6.07) is 0. The first kappa shape index (κ1) is 5.22. The lowest BCUT2D eigenvalue weighted by Gasteiger charge is -2.16. The van der Waals surface area contributed by atoms with Crippen molar-refractivity contribution in [2.24, 2.45) is 5.73 Å². The summed E-state index contributed by atoms with van der Waals surface area (Å²) < 4.78 is 0.